The van der Waals surface area contributed by atoms with Gasteiger partial charge < -0.3 is 29.7 Å². The van der Waals surface area contributed by atoms with Crippen molar-refractivity contribution < 1.29 is 23.9 Å². The van der Waals surface area contributed by atoms with E-state index in [0.29, 0.717) is 54.3 Å². The van der Waals surface area contributed by atoms with Gasteiger partial charge in [0.15, 0.2) is 22.9 Å². The van der Waals surface area contributed by atoms with Crippen molar-refractivity contribution in [3.8, 4) is 17.7 Å². The van der Waals surface area contributed by atoms with Crippen molar-refractivity contribution in [1.82, 2.24) is 29.8 Å². The van der Waals surface area contributed by atoms with Crippen LogP contribution in [0.25, 0.3) is 16.7 Å². The van der Waals surface area contributed by atoms with Gasteiger partial charge in [-0.05, 0) is 25.1 Å². The molecule has 1 unspecified atom stereocenters. The Kier molecular flexibility index (Phi) is 6.58. The fourth-order valence-corrected chi connectivity index (χ4v) is 3.93. The molecular weight excluding hydrogens is 478 g/mol. The van der Waals surface area contributed by atoms with Crippen molar-refractivity contribution in [2.24, 2.45) is 0 Å². The Hall–Kier alpha value is -4.31. The van der Waals surface area contributed by atoms with Crippen molar-refractivity contribution in [3.63, 3.8) is 0 Å². The van der Waals surface area contributed by atoms with Crippen LogP contribution in [0.5, 0.6) is 0 Å². The highest BCUT2D eigenvalue weighted by atomic mass is 16.5. The van der Waals surface area contributed by atoms with Crippen LogP contribution in [-0.2, 0) is 21.7 Å². The third-order valence-electron chi connectivity index (χ3n) is 5.85. The van der Waals surface area contributed by atoms with Gasteiger partial charge in [-0.1, -0.05) is 17.0 Å². The summed E-state index contributed by atoms with van der Waals surface area (Å²) in [7, 11) is 1.54. The molecule has 1 aliphatic heterocycles. The van der Waals surface area contributed by atoms with E-state index in [-0.39, 0.29) is 29.9 Å². The van der Waals surface area contributed by atoms with Crippen LogP contribution in [-0.4, -0.2) is 74.2 Å². The lowest BCUT2D eigenvalue weighted by Gasteiger charge is -2.26. The summed E-state index contributed by atoms with van der Waals surface area (Å²) < 4.78 is 17.1. The van der Waals surface area contributed by atoms with Gasteiger partial charge in [0.2, 0.25) is 5.95 Å². The number of carbonyl (C=O) groups is 1. The summed E-state index contributed by atoms with van der Waals surface area (Å²) >= 11 is 0. The van der Waals surface area contributed by atoms with Crippen molar-refractivity contribution in [3.05, 3.63) is 59.2 Å². The molecule has 1 fully saturated rings. The lowest BCUT2D eigenvalue weighted by atomic mass is 10.0. The van der Waals surface area contributed by atoms with Gasteiger partial charge in [0.05, 0.1) is 18.7 Å². The van der Waals surface area contributed by atoms with E-state index in [1.807, 2.05) is 0 Å². The zero-order valence-electron chi connectivity index (χ0n) is 20.3. The summed E-state index contributed by atoms with van der Waals surface area (Å²) in [6, 6.07) is 8.57. The molecule has 1 aliphatic rings. The molecule has 4 aromatic rings. The Balaban J connectivity index is 1.55. The SMILES string of the molecule is COCc1cc(C(C)(O)C#Cc2ccc3c(C(=O)N4CCOCC4)nn(-c4ccnc(N)n4)c3c2)no1. The third-order valence-corrected chi connectivity index (χ3v) is 5.85. The number of rotatable bonds is 5. The highest BCUT2D eigenvalue weighted by Gasteiger charge is 2.26. The van der Waals surface area contributed by atoms with E-state index in [1.165, 1.54) is 20.2 Å². The minimum atomic E-state index is -1.57. The maximum Gasteiger partial charge on any atom is 0.275 e. The average Bonchev–Trinajstić information content (AvgIpc) is 3.53. The van der Waals surface area contributed by atoms with E-state index >= 15 is 0 Å². The number of ether oxygens (including phenoxy) is 2. The van der Waals surface area contributed by atoms with Crippen molar-refractivity contribution in [2.75, 3.05) is 39.1 Å². The molecule has 1 aromatic carbocycles. The molecule has 1 atom stereocenters. The van der Waals surface area contributed by atoms with E-state index in [1.54, 1.807) is 39.9 Å². The summed E-state index contributed by atoms with van der Waals surface area (Å²) in [5.74, 6) is 6.59. The molecule has 1 amide bonds. The van der Waals surface area contributed by atoms with E-state index in [9.17, 15) is 9.90 Å². The molecule has 5 rings (SSSR count). The monoisotopic (exact) mass is 503 g/mol. The van der Waals surface area contributed by atoms with Gasteiger partial charge in [-0.25, -0.2) is 9.67 Å². The average molecular weight is 504 g/mol. The summed E-state index contributed by atoms with van der Waals surface area (Å²) in [5.41, 5.74) is 5.98. The van der Waals surface area contributed by atoms with Gasteiger partial charge in [-0.2, -0.15) is 10.1 Å². The molecule has 1 saturated heterocycles. The van der Waals surface area contributed by atoms with E-state index in [4.69, 9.17) is 19.7 Å². The molecule has 190 valence electrons. The maximum absolute atomic E-state index is 13.3. The molecule has 4 heterocycles. The number of morpholine rings is 1. The van der Waals surface area contributed by atoms with Crippen LogP contribution >= 0.6 is 0 Å². The quantitative estimate of drug-likeness (QED) is 0.380. The lowest BCUT2D eigenvalue weighted by Crippen LogP contribution is -2.41. The number of carbonyl (C=O) groups excluding carboxylic acids is 1. The van der Waals surface area contributed by atoms with E-state index in [2.05, 4.69) is 32.1 Å². The first-order valence-corrected chi connectivity index (χ1v) is 11.5. The lowest BCUT2D eigenvalue weighted by molar-refractivity contribution is 0.0300. The molecular formula is C25H25N7O5. The summed E-state index contributed by atoms with van der Waals surface area (Å²) in [6.07, 6.45) is 1.52. The first-order chi connectivity index (χ1) is 17.9. The number of methoxy groups -OCH3 is 1. The number of nitrogens with zero attached hydrogens (tertiary/aromatic N) is 6. The van der Waals surface area contributed by atoms with Crippen LogP contribution in [0.4, 0.5) is 5.95 Å². The topological polar surface area (TPSA) is 155 Å². The molecule has 0 radical (unpaired) electrons. The zero-order chi connectivity index (χ0) is 26.0. The van der Waals surface area contributed by atoms with Crippen LogP contribution in [0.2, 0.25) is 0 Å². The van der Waals surface area contributed by atoms with Gasteiger partial charge in [0.25, 0.3) is 5.91 Å². The first-order valence-electron chi connectivity index (χ1n) is 11.5. The number of amides is 1. The summed E-state index contributed by atoms with van der Waals surface area (Å²) in [4.78, 5) is 23.2. The Morgan fingerprint density at radius 2 is 2.08 bits per heavy atom. The number of nitrogens with two attached hydrogens (primary N) is 1. The van der Waals surface area contributed by atoms with Gasteiger partial charge >= 0.3 is 0 Å². The molecule has 0 spiro atoms. The Morgan fingerprint density at radius 1 is 1.27 bits per heavy atom. The van der Waals surface area contributed by atoms with Gasteiger partial charge in [0, 0.05) is 49.5 Å². The second kappa shape index (κ2) is 9.98. The minimum Gasteiger partial charge on any atom is -0.378 e. The molecule has 0 aliphatic carbocycles. The first kappa shape index (κ1) is 24.4. The van der Waals surface area contributed by atoms with E-state index < -0.39 is 5.60 Å². The van der Waals surface area contributed by atoms with Crippen molar-refractivity contribution >= 4 is 22.8 Å². The Morgan fingerprint density at radius 3 is 2.84 bits per heavy atom. The molecule has 12 heteroatoms. The fraction of sp³-hybridized carbons (Fsp3) is 0.320. The highest BCUT2D eigenvalue weighted by molar-refractivity contribution is 6.05. The predicted octanol–water partition coefficient (Wildman–Crippen LogP) is 1.26. The second-order valence-electron chi connectivity index (χ2n) is 8.60. The highest BCUT2D eigenvalue weighted by Crippen LogP contribution is 2.25. The zero-order valence-corrected chi connectivity index (χ0v) is 20.3. The number of nitrogen functional groups attached to an aromatic ring is 1. The van der Waals surface area contributed by atoms with Crippen LogP contribution in [0.3, 0.4) is 0 Å². The van der Waals surface area contributed by atoms with Crippen LogP contribution in [0, 0.1) is 11.8 Å². The summed E-state index contributed by atoms with van der Waals surface area (Å²) in [6.45, 7) is 3.69. The Labute approximate surface area is 212 Å². The fourth-order valence-electron chi connectivity index (χ4n) is 3.93. The normalized spacial score (nSPS) is 15.3. The largest absolute Gasteiger partial charge is 0.378 e. The number of fused-ring (bicyclic) bond motifs is 1. The van der Waals surface area contributed by atoms with Gasteiger partial charge in [-0.3, -0.25) is 4.79 Å². The number of anilines is 1. The van der Waals surface area contributed by atoms with Crippen LogP contribution < -0.4 is 5.73 Å². The number of benzene rings is 1. The van der Waals surface area contributed by atoms with Crippen LogP contribution in [0.15, 0.2) is 41.1 Å². The summed E-state index contributed by atoms with van der Waals surface area (Å²) in [5, 5.41) is 20.0. The molecule has 0 bridgehead atoms. The number of aliphatic hydroxyl groups is 1. The maximum atomic E-state index is 13.3. The van der Waals surface area contributed by atoms with Crippen molar-refractivity contribution in [2.45, 2.75) is 19.1 Å². The smallest absolute Gasteiger partial charge is 0.275 e. The molecule has 3 aromatic heterocycles. The number of hydrogen-bond acceptors (Lipinski definition) is 10. The second-order valence-corrected chi connectivity index (χ2v) is 8.60. The number of aromatic nitrogens is 5. The Bertz CT molecular complexity index is 1510. The predicted molar refractivity (Wildman–Crippen MR) is 131 cm³/mol. The molecule has 12 nitrogen and oxygen atoms in total. The molecule has 0 saturated carbocycles. The standard InChI is InChI=1S/C25H25N7O5/c1-25(34,20-14-17(15-35-2)37-30-20)7-5-16-3-4-18-19(13-16)32(21-6-8-27-24(26)28-21)29-22(18)23(33)31-9-11-36-12-10-31/h3-4,6,8,13-14,34H,9-12,15H2,1-2H3,(H2,26,27,28). The van der Waals surface area contributed by atoms with Crippen molar-refractivity contribution in [1.29, 1.82) is 0 Å². The van der Waals surface area contributed by atoms with E-state index in [0.717, 1.165) is 0 Å². The minimum absolute atomic E-state index is 0.0784. The number of hydrogen-bond donors (Lipinski definition) is 2. The molecule has 37 heavy (non-hydrogen) atoms. The van der Waals surface area contributed by atoms with Gasteiger partial charge in [0.1, 0.15) is 12.3 Å². The molecule has 3 N–H and O–H groups in total. The third kappa shape index (κ3) is 5.01. The van der Waals surface area contributed by atoms with Crippen LogP contribution in [0.1, 0.15) is 34.4 Å². The van der Waals surface area contributed by atoms with Gasteiger partial charge in [-0.15, -0.1) is 0 Å².